The third-order valence-electron chi connectivity index (χ3n) is 8.01. The van der Waals surface area contributed by atoms with Gasteiger partial charge in [0, 0.05) is 50.0 Å². The van der Waals surface area contributed by atoms with E-state index in [0.717, 1.165) is 49.0 Å². The van der Waals surface area contributed by atoms with Gasteiger partial charge in [-0.15, -0.1) is 0 Å². The van der Waals surface area contributed by atoms with Gasteiger partial charge in [-0.25, -0.2) is 0 Å². The van der Waals surface area contributed by atoms with Crippen molar-refractivity contribution in [2.45, 2.75) is 70.4 Å². The van der Waals surface area contributed by atoms with Crippen LogP contribution in [-0.2, 0) is 15.2 Å². The number of para-hydroxylation sites is 2. The Balaban J connectivity index is 1.61. The number of carbonyl (C=O) groups excluding carboxylic acids is 2. The molecule has 1 aliphatic carbocycles. The summed E-state index contributed by atoms with van der Waals surface area (Å²) in [7, 11) is 0. The summed E-state index contributed by atoms with van der Waals surface area (Å²) in [6.45, 7) is 5.19. The van der Waals surface area contributed by atoms with Gasteiger partial charge < -0.3 is 25.8 Å². The molecule has 2 aromatic rings. The third-order valence-corrected chi connectivity index (χ3v) is 8.01. The lowest BCUT2D eigenvalue weighted by molar-refractivity contribution is -0.141. The van der Waals surface area contributed by atoms with Gasteiger partial charge in [0.1, 0.15) is 11.5 Å². The van der Waals surface area contributed by atoms with E-state index in [1.807, 2.05) is 60.4 Å². The van der Waals surface area contributed by atoms with Crippen LogP contribution in [0.25, 0.3) is 0 Å². The molecule has 0 aromatic heterocycles. The van der Waals surface area contributed by atoms with E-state index in [2.05, 4.69) is 5.32 Å². The number of hydrogen-bond donors (Lipinski definition) is 3. The number of nitrogens with one attached hydrogen (secondary N) is 1. The fourth-order valence-corrected chi connectivity index (χ4v) is 5.95. The van der Waals surface area contributed by atoms with Crippen molar-refractivity contribution < 1.29 is 19.4 Å². The molecule has 2 aliphatic rings. The van der Waals surface area contributed by atoms with Gasteiger partial charge >= 0.3 is 0 Å². The monoisotopic (exact) mass is 507 g/mol. The summed E-state index contributed by atoms with van der Waals surface area (Å²) >= 11 is 0. The van der Waals surface area contributed by atoms with E-state index in [1.54, 1.807) is 0 Å². The largest absolute Gasteiger partial charge is 0.457 e. The smallest absolute Gasteiger partial charge is 0.225 e. The number of piperidine rings is 1. The second-order valence-corrected chi connectivity index (χ2v) is 10.8. The minimum absolute atomic E-state index is 0.0155. The van der Waals surface area contributed by atoms with E-state index in [0.29, 0.717) is 38.2 Å². The first-order valence-corrected chi connectivity index (χ1v) is 13.6. The summed E-state index contributed by atoms with van der Waals surface area (Å²) in [5, 5.41) is 15.3. The lowest BCUT2D eigenvalue weighted by atomic mass is 9.73. The topological polar surface area (TPSA) is 105 Å². The number of aryl methyl sites for hydroxylation is 1. The second kappa shape index (κ2) is 12.1. The van der Waals surface area contributed by atoms with Crippen LogP contribution in [-0.4, -0.2) is 47.5 Å². The quantitative estimate of drug-likeness (QED) is 0.440. The number of nitrogens with zero attached hydrogens (tertiary/aromatic N) is 1. The van der Waals surface area contributed by atoms with Crippen LogP contribution in [0, 0.1) is 18.8 Å². The Morgan fingerprint density at radius 1 is 1.11 bits per heavy atom. The molecule has 4 unspecified atom stereocenters. The van der Waals surface area contributed by atoms with Crippen molar-refractivity contribution >= 4 is 11.8 Å². The summed E-state index contributed by atoms with van der Waals surface area (Å²) in [6.07, 6.45) is 5.18. The first-order chi connectivity index (χ1) is 17.8. The highest BCUT2D eigenvalue weighted by Crippen LogP contribution is 2.44. The minimum atomic E-state index is -1.22. The average molecular weight is 508 g/mol. The van der Waals surface area contributed by atoms with Crippen LogP contribution in [0.1, 0.15) is 63.0 Å². The Morgan fingerprint density at radius 2 is 1.84 bits per heavy atom. The molecule has 0 radical (unpaired) electrons. The highest BCUT2D eigenvalue weighted by Gasteiger charge is 2.44. The van der Waals surface area contributed by atoms with Crippen LogP contribution < -0.4 is 15.8 Å². The van der Waals surface area contributed by atoms with Gasteiger partial charge in [-0.3, -0.25) is 9.59 Å². The molecule has 4 atom stereocenters. The maximum absolute atomic E-state index is 13.4. The lowest BCUT2D eigenvalue weighted by Gasteiger charge is -2.44. The van der Waals surface area contributed by atoms with Crippen molar-refractivity contribution in [1.82, 2.24) is 10.2 Å². The maximum atomic E-state index is 13.4. The van der Waals surface area contributed by atoms with Crippen molar-refractivity contribution in [3.8, 4) is 11.5 Å². The van der Waals surface area contributed by atoms with Gasteiger partial charge in [-0.1, -0.05) is 36.4 Å². The molecule has 2 amide bonds. The predicted octanol–water partition coefficient (Wildman–Crippen LogP) is 4.26. The molecular formula is C30H41N3O4. The molecule has 4 N–H and O–H groups in total. The zero-order valence-electron chi connectivity index (χ0n) is 22.1. The van der Waals surface area contributed by atoms with Crippen molar-refractivity contribution in [2.24, 2.45) is 17.6 Å². The lowest BCUT2D eigenvalue weighted by Crippen LogP contribution is -2.49. The molecule has 2 aromatic carbocycles. The Kier molecular flexibility index (Phi) is 8.87. The molecule has 1 aliphatic heterocycles. The molecule has 0 bridgehead atoms. The number of aliphatic hydroxyl groups is 1. The number of ether oxygens (including phenoxy) is 1. The zero-order valence-corrected chi connectivity index (χ0v) is 22.1. The Hall–Kier alpha value is -2.90. The van der Waals surface area contributed by atoms with Crippen LogP contribution in [0.15, 0.2) is 48.5 Å². The summed E-state index contributed by atoms with van der Waals surface area (Å²) in [4.78, 5) is 26.7. The normalized spacial score (nSPS) is 23.4. The first kappa shape index (κ1) is 27.1. The molecule has 1 heterocycles. The SMILES string of the molecule is CC(=O)NCCCC(O)(c1ccccc1Oc1ccccc1C)C1CCCN(C(=O)C2CCC(N)C2)C1. The van der Waals surface area contributed by atoms with Crippen LogP contribution in [0.5, 0.6) is 11.5 Å². The first-order valence-electron chi connectivity index (χ1n) is 13.6. The number of nitrogens with two attached hydrogens (primary N) is 1. The highest BCUT2D eigenvalue weighted by molar-refractivity contribution is 5.79. The summed E-state index contributed by atoms with van der Waals surface area (Å²) in [6, 6.07) is 15.6. The van der Waals surface area contributed by atoms with E-state index >= 15 is 0 Å². The number of amides is 2. The molecule has 200 valence electrons. The molecule has 7 heteroatoms. The number of carbonyl (C=O) groups is 2. The molecule has 1 saturated carbocycles. The fraction of sp³-hybridized carbons (Fsp3) is 0.533. The fourth-order valence-electron chi connectivity index (χ4n) is 5.95. The standard InChI is InChI=1S/C30H41N3O4/c1-21-9-3-5-12-27(21)37-28-13-6-4-11-26(28)30(36,16-8-17-32-22(2)34)24-10-7-18-33(20-24)29(35)23-14-15-25(31)19-23/h3-6,9,11-13,23-25,36H,7-8,10,14-20,31H2,1-2H3,(H,32,34). The van der Waals surface area contributed by atoms with Crippen molar-refractivity contribution in [3.63, 3.8) is 0 Å². The van der Waals surface area contributed by atoms with Crippen LogP contribution in [0.2, 0.25) is 0 Å². The highest BCUT2D eigenvalue weighted by atomic mass is 16.5. The number of likely N-dealkylation sites (tertiary alicyclic amines) is 1. The molecule has 7 nitrogen and oxygen atoms in total. The van der Waals surface area contributed by atoms with Crippen molar-refractivity contribution in [1.29, 1.82) is 0 Å². The Morgan fingerprint density at radius 3 is 2.54 bits per heavy atom. The second-order valence-electron chi connectivity index (χ2n) is 10.8. The Labute approximate surface area is 220 Å². The van der Waals surface area contributed by atoms with Crippen LogP contribution in [0.3, 0.4) is 0 Å². The van der Waals surface area contributed by atoms with Crippen molar-refractivity contribution in [3.05, 3.63) is 59.7 Å². The van der Waals surface area contributed by atoms with E-state index in [1.165, 1.54) is 6.92 Å². The van der Waals surface area contributed by atoms with Gasteiger partial charge in [-0.05, 0) is 69.6 Å². The maximum Gasteiger partial charge on any atom is 0.225 e. The molecule has 37 heavy (non-hydrogen) atoms. The van der Waals surface area contributed by atoms with Gasteiger partial charge in [-0.2, -0.15) is 0 Å². The molecular weight excluding hydrogens is 466 g/mol. The molecule has 4 rings (SSSR count). The van der Waals surface area contributed by atoms with E-state index < -0.39 is 5.60 Å². The third kappa shape index (κ3) is 6.51. The number of benzene rings is 2. The molecule has 2 fully saturated rings. The summed E-state index contributed by atoms with van der Waals surface area (Å²) in [5.74, 6) is 1.27. The molecule has 0 spiro atoms. The predicted molar refractivity (Wildman–Crippen MR) is 144 cm³/mol. The average Bonchev–Trinajstić information content (AvgIpc) is 3.34. The van der Waals surface area contributed by atoms with Crippen LogP contribution in [0.4, 0.5) is 0 Å². The summed E-state index contributed by atoms with van der Waals surface area (Å²) < 4.78 is 6.37. The van der Waals surface area contributed by atoms with E-state index in [9.17, 15) is 14.7 Å². The van der Waals surface area contributed by atoms with Gasteiger partial charge in [0.15, 0.2) is 0 Å². The Bertz CT molecular complexity index is 1090. The van der Waals surface area contributed by atoms with Crippen LogP contribution >= 0.6 is 0 Å². The number of rotatable bonds is 9. The van der Waals surface area contributed by atoms with Gasteiger partial charge in [0.05, 0.1) is 5.60 Å². The summed E-state index contributed by atoms with van der Waals surface area (Å²) in [5.41, 5.74) is 6.61. The van der Waals surface area contributed by atoms with Gasteiger partial charge in [0.25, 0.3) is 0 Å². The number of hydrogen-bond acceptors (Lipinski definition) is 5. The van der Waals surface area contributed by atoms with E-state index in [4.69, 9.17) is 10.5 Å². The zero-order chi connectivity index (χ0) is 26.4. The van der Waals surface area contributed by atoms with E-state index in [-0.39, 0.29) is 29.7 Å². The molecule has 1 saturated heterocycles. The minimum Gasteiger partial charge on any atom is -0.457 e. The van der Waals surface area contributed by atoms with Gasteiger partial charge in [0.2, 0.25) is 11.8 Å². The van der Waals surface area contributed by atoms with Crippen molar-refractivity contribution in [2.75, 3.05) is 19.6 Å².